The van der Waals surface area contributed by atoms with E-state index in [1.54, 1.807) is 0 Å². The molecule has 1 rings (SSSR count). The molecule has 0 aromatic heterocycles. The third-order valence-corrected chi connectivity index (χ3v) is 2.94. The standard InChI is InChI=1S/C11H20N2O/c12-7-3-1-4-8-13-9-5-2-6-11(13)10-14/h11,14H,1-6,8-10H2/t11-/m1/s1. The van der Waals surface area contributed by atoms with Gasteiger partial charge in [-0.3, -0.25) is 4.90 Å². The van der Waals surface area contributed by atoms with Crippen molar-refractivity contribution in [3.8, 4) is 6.07 Å². The van der Waals surface area contributed by atoms with Crippen LogP contribution in [-0.2, 0) is 0 Å². The van der Waals surface area contributed by atoms with E-state index in [2.05, 4.69) is 11.0 Å². The number of likely N-dealkylation sites (tertiary alicyclic amines) is 1. The number of piperidine rings is 1. The number of rotatable bonds is 5. The zero-order valence-electron chi connectivity index (χ0n) is 8.78. The highest BCUT2D eigenvalue weighted by Gasteiger charge is 2.20. The van der Waals surface area contributed by atoms with Gasteiger partial charge in [0.25, 0.3) is 0 Å². The van der Waals surface area contributed by atoms with Gasteiger partial charge in [-0.1, -0.05) is 6.42 Å². The number of hydrogen-bond donors (Lipinski definition) is 1. The second-order valence-corrected chi connectivity index (χ2v) is 3.98. The molecule has 1 N–H and O–H groups in total. The van der Waals surface area contributed by atoms with Crippen molar-refractivity contribution in [1.82, 2.24) is 4.90 Å². The Morgan fingerprint density at radius 1 is 1.36 bits per heavy atom. The number of hydrogen-bond acceptors (Lipinski definition) is 3. The molecule has 0 amide bonds. The minimum absolute atomic E-state index is 0.290. The Hall–Kier alpha value is -0.590. The molecule has 80 valence electrons. The van der Waals surface area contributed by atoms with Gasteiger partial charge in [0.05, 0.1) is 12.7 Å². The van der Waals surface area contributed by atoms with Crippen molar-refractivity contribution in [2.24, 2.45) is 0 Å². The molecule has 3 nitrogen and oxygen atoms in total. The number of nitriles is 1. The van der Waals surface area contributed by atoms with Gasteiger partial charge < -0.3 is 5.11 Å². The van der Waals surface area contributed by atoms with E-state index in [0.29, 0.717) is 12.5 Å². The number of aliphatic hydroxyl groups is 1. The average Bonchev–Trinajstić information content (AvgIpc) is 2.25. The molecule has 3 heteroatoms. The number of unbranched alkanes of at least 4 members (excludes halogenated alkanes) is 2. The minimum atomic E-state index is 0.290. The highest BCUT2D eigenvalue weighted by molar-refractivity contribution is 4.76. The normalized spacial score (nSPS) is 23.3. The lowest BCUT2D eigenvalue weighted by Crippen LogP contribution is -2.42. The van der Waals surface area contributed by atoms with E-state index in [0.717, 1.165) is 32.4 Å². The van der Waals surface area contributed by atoms with Crippen molar-refractivity contribution < 1.29 is 5.11 Å². The summed E-state index contributed by atoms with van der Waals surface area (Å²) < 4.78 is 0. The molecule has 0 saturated carbocycles. The highest BCUT2D eigenvalue weighted by Crippen LogP contribution is 2.17. The smallest absolute Gasteiger partial charge is 0.0621 e. The summed E-state index contributed by atoms with van der Waals surface area (Å²) in [6, 6.07) is 2.54. The maximum absolute atomic E-state index is 9.17. The summed E-state index contributed by atoms with van der Waals surface area (Å²) in [7, 11) is 0. The van der Waals surface area contributed by atoms with Crippen molar-refractivity contribution in [3.63, 3.8) is 0 Å². The van der Waals surface area contributed by atoms with Crippen molar-refractivity contribution in [3.05, 3.63) is 0 Å². The lowest BCUT2D eigenvalue weighted by molar-refractivity contribution is 0.0889. The predicted molar refractivity (Wildman–Crippen MR) is 55.8 cm³/mol. The van der Waals surface area contributed by atoms with Crippen LogP contribution in [0.2, 0.25) is 0 Å². The second-order valence-electron chi connectivity index (χ2n) is 3.98. The summed E-state index contributed by atoms with van der Waals surface area (Å²) in [5.41, 5.74) is 0. The van der Waals surface area contributed by atoms with Crippen LogP contribution in [0.1, 0.15) is 38.5 Å². The fourth-order valence-electron chi connectivity index (χ4n) is 2.08. The Bertz CT molecular complexity index is 188. The molecule has 1 saturated heterocycles. The summed E-state index contributed by atoms with van der Waals surface area (Å²) in [5.74, 6) is 0. The zero-order valence-corrected chi connectivity index (χ0v) is 8.78. The van der Waals surface area contributed by atoms with Gasteiger partial charge in [-0.2, -0.15) is 5.26 Å². The second kappa shape index (κ2) is 6.80. The molecule has 1 heterocycles. The van der Waals surface area contributed by atoms with E-state index in [4.69, 9.17) is 5.26 Å². The van der Waals surface area contributed by atoms with E-state index in [-0.39, 0.29) is 6.61 Å². The first-order valence-electron chi connectivity index (χ1n) is 5.60. The summed E-state index contributed by atoms with van der Waals surface area (Å²) >= 11 is 0. The maximum Gasteiger partial charge on any atom is 0.0621 e. The first kappa shape index (κ1) is 11.5. The third-order valence-electron chi connectivity index (χ3n) is 2.94. The molecule has 0 aromatic carbocycles. The van der Waals surface area contributed by atoms with Gasteiger partial charge in [0.1, 0.15) is 0 Å². The zero-order chi connectivity index (χ0) is 10.2. The molecule has 0 aromatic rings. The van der Waals surface area contributed by atoms with E-state index < -0.39 is 0 Å². The lowest BCUT2D eigenvalue weighted by Gasteiger charge is -2.34. The van der Waals surface area contributed by atoms with E-state index >= 15 is 0 Å². The van der Waals surface area contributed by atoms with Crippen molar-refractivity contribution in [1.29, 1.82) is 5.26 Å². The van der Waals surface area contributed by atoms with Crippen molar-refractivity contribution in [2.45, 2.75) is 44.6 Å². The van der Waals surface area contributed by atoms with Gasteiger partial charge in [-0.15, -0.1) is 0 Å². The van der Waals surface area contributed by atoms with Gasteiger partial charge in [-0.25, -0.2) is 0 Å². The van der Waals surface area contributed by atoms with Crippen LogP contribution in [0.15, 0.2) is 0 Å². The van der Waals surface area contributed by atoms with Crippen LogP contribution in [-0.4, -0.2) is 35.7 Å². The molecule has 1 atom stereocenters. The van der Waals surface area contributed by atoms with E-state index in [1.165, 1.54) is 12.8 Å². The van der Waals surface area contributed by atoms with E-state index in [1.807, 2.05) is 0 Å². The fraction of sp³-hybridized carbons (Fsp3) is 0.909. The molecule has 0 spiro atoms. The van der Waals surface area contributed by atoms with Crippen LogP contribution in [0.5, 0.6) is 0 Å². The van der Waals surface area contributed by atoms with Crippen LogP contribution in [0, 0.1) is 11.3 Å². The van der Waals surface area contributed by atoms with Crippen molar-refractivity contribution in [2.75, 3.05) is 19.7 Å². The molecule has 0 bridgehead atoms. The summed E-state index contributed by atoms with van der Waals surface area (Å²) in [6.45, 7) is 2.46. The SMILES string of the molecule is N#CCCCCN1CCCC[C@@H]1CO. The van der Waals surface area contributed by atoms with Crippen molar-refractivity contribution >= 4 is 0 Å². The first-order valence-corrected chi connectivity index (χ1v) is 5.60. The van der Waals surface area contributed by atoms with Gasteiger partial charge in [0.15, 0.2) is 0 Å². The van der Waals surface area contributed by atoms with Gasteiger partial charge >= 0.3 is 0 Å². The van der Waals surface area contributed by atoms with Crippen LogP contribution in [0.25, 0.3) is 0 Å². The summed E-state index contributed by atoms with van der Waals surface area (Å²) in [6.07, 6.45) is 6.39. The summed E-state index contributed by atoms with van der Waals surface area (Å²) in [4.78, 5) is 2.38. The monoisotopic (exact) mass is 196 g/mol. The van der Waals surface area contributed by atoms with Crippen LogP contribution in [0.3, 0.4) is 0 Å². The largest absolute Gasteiger partial charge is 0.395 e. The Morgan fingerprint density at radius 3 is 2.93 bits per heavy atom. The minimum Gasteiger partial charge on any atom is -0.395 e. The quantitative estimate of drug-likeness (QED) is 0.678. The highest BCUT2D eigenvalue weighted by atomic mass is 16.3. The molecule has 1 fully saturated rings. The third kappa shape index (κ3) is 3.65. The Labute approximate surface area is 86.3 Å². The molecule has 0 unspecified atom stereocenters. The predicted octanol–water partition coefficient (Wildman–Crippen LogP) is 1.53. The molecule has 1 aliphatic rings. The van der Waals surface area contributed by atoms with Gasteiger partial charge in [0, 0.05) is 12.5 Å². The molecule has 0 radical (unpaired) electrons. The lowest BCUT2D eigenvalue weighted by atomic mass is 10.0. The Kier molecular flexibility index (Phi) is 5.58. The average molecular weight is 196 g/mol. The molecular formula is C11H20N2O. The van der Waals surface area contributed by atoms with Crippen LogP contribution < -0.4 is 0 Å². The summed E-state index contributed by atoms with van der Waals surface area (Å²) in [5, 5.41) is 17.6. The van der Waals surface area contributed by atoms with Crippen LogP contribution in [0.4, 0.5) is 0 Å². The van der Waals surface area contributed by atoms with Gasteiger partial charge in [-0.05, 0) is 38.8 Å². The molecular weight excluding hydrogens is 176 g/mol. The van der Waals surface area contributed by atoms with Gasteiger partial charge in [0.2, 0.25) is 0 Å². The number of nitrogens with zero attached hydrogens (tertiary/aromatic N) is 2. The fourth-order valence-corrected chi connectivity index (χ4v) is 2.08. The molecule has 14 heavy (non-hydrogen) atoms. The molecule has 1 aliphatic heterocycles. The van der Waals surface area contributed by atoms with E-state index in [9.17, 15) is 5.11 Å². The molecule has 0 aliphatic carbocycles. The first-order chi connectivity index (χ1) is 6.88. The Morgan fingerprint density at radius 2 is 2.21 bits per heavy atom. The maximum atomic E-state index is 9.17. The Balaban J connectivity index is 2.17. The number of aliphatic hydroxyl groups excluding tert-OH is 1. The topological polar surface area (TPSA) is 47.3 Å². The van der Waals surface area contributed by atoms with Crippen LogP contribution >= 0.6 is 0 Å².